The van der Waals surface area contributed by atoms with Crippen LogP contribution in [0, 0.1) is 17.8 Å². The maximum atomic E-state index is 4.41. The van der Waals surface area contributed by atoms with Crippen LogP contribution < -0.4 is 0 Å². The second kappa shape index (κ2) is 22.8. The van der Waals surface area contributed by atoms with E-state index in [1.807, 2.05) is 6.20 Å². The van der Waals surface area contributed by atoms with Crippen LogP contribution in [-0.2, 0) is 67.1 Å². The number of hydrogen-bond donors (Lipinski definition) is 0. The fourth-order valence-corrected chi connectivity index (χ4v) is 4.75. The molecule has 0 spiro atoms. The molecule has 3 saturated heterocycles. The van der Waals surface area contributed by atoms with Crippen LogP contribution in [0.5, 0.6) is 0 Å². The summed E-state index contributed by atoms with van der Waals surface area (Å²) in [7, 11) is 0. The van der Waals surface area contributed by atoms with Crippen LogP contribution in [0.1, 0.15) is 64.2 Å². The number of allylic oxidation sites excluding steroid dienone is 2. The van der Waals surface area contributed by atoms with Gasteiger partial charge in [-0.05, 0) is 30.6 Å². The van der Waals surface area contributed by atoms with Crippen molar-refractivity contribution in [3.63, 3.8) is 0 Å². The Morgan fingerprint density at radius 2 is 1.03 bits per heavy atom. The van der Waals surface area contributed by atoms with E-state index in [9.17, 15) is 0 Å². The van der Waals surface area contributed by atoms with Gasteiger partial charge in [0.2, 0.25) is 0 Å². The minimum absolute atomic E-state index is 0. The van der Waals surface area contributed by atoms with Gasteiger partial charge in [0.25, 0.3) is 0 Å². The number of piperidine rings is 3. The third-order valence-electron chi connectivity index (χ3n) is 6.85. The Balaban J connectivity index is 0. The van der Waals surface area contributed by atoms with Crippen LogP contribution in [0.25, 0.3) is 27.4 Å². The maximum Gasteiger partial charge on any atom is 1.00 e. The number of nitrogens with zero attached hydrogens (tertiary/aromatic N) is 4. The molecule has 2 N–H and O–H groups in total. The van der Waals surface area contributed by atoms with E-state index in [2.05, 4.69) is 33.4 Å². The zero-order valence-corrected chi connectivity index (χ0v) is 23.7. The van der Waals surface area contributed by atoms with E-state index in [4.69, 9.17) is 0 Å². The molecule has 0 unspecified atom stereocenters. The van der Waals surface area contributed by atoms with Crippen molar-refractivity contribution in [2.24, 2.45) is 17.8 Å². The second-order valence-electron chi connectivity index (χ2n) is 8.92. The Labute approximate surface area is 244 Å². The predicted molar refractivity (Wildman–Crippen MR) is 127 cm³/mol. The molecule has 4 aliphatic rings. The Hall–Kier alpha value is 1.34. The molecule has 32 heavy (non-hydrogen) atoms. The molecule has 0 aromatic heterocycles. The van der Waals surface area contributed by atoms with Crippen molar-refractivity contribution in [2.75, 3.05) is 45.8 Å². The minimum atomic E-state index is 0. The first-order valence-corrected chi connectivity index (χ1v) is 11.8. The van der Waals surface area contributed by atoms with Crippen LogP contribution in [0.3, 0.4) is 0 Å². The van der Waals surface area contributed by atoms with E-state index >= 15 is 0 Å². The molecular formula is C24H42Ag3N5-2. The molecule has 0 bridgehead atoms. The van der Waals surface area contributed by atoms with E-state index in [-0.39, 0.29) is 73.3 Å². The molecular weight excluding hydrogens is 682 g/mol. The molecule has 0 aromatic carbocycles. The van der Waals surface area contributed by atoms with Crippen molar-refractivity contribution >= 4 is 0 Å². The molecule has 0 amide bonds. The van der Waals surface area contributed by atoms with Gasteiger partial charge in [0.15, 0.2) is 0 Å². The molecule has 0 aliphatic carbocycles. The van der Waals surface area contributed by atoms with Crippen LogP contribution in [0.15, 0.2) is 23.9 Å². The zero-order chi connectivity index (χ0) is 19.3. The summed E-state index contributed by atoms with van der Waals surface area (Å²) in [5.41, 5.74) is 1.47. The number of rotatable bonds is 6. The topological polar surface area (TPSA) is 89.9 Å². The van der Waals surface area contributed by atoms with Gasteiger partial charge in [-0.25, -0.2) is 0 Å². The Bertz CT molecular complexity index is 454. The van der Waals surface area contributed by atoms with Crippen LogP contribution in [0.4, 0.5) is 0 Å². The minimum Gasteiger partial charge on any atom is -0.693 e. The summed E-state index contributed by atoms with van der Waals surface area (Å²) in [6, 6.07) is 0. The van der Waals surface area contributed by atoms with Gasteiger partial charge < -0.3 is 27.4 Å². The van der Waals surface area contributed by atoms with Crippen LogP contribution >= 0.6 is 0 Å². The molecule has 4 rings (SSSR count). The fraction of sp³-hybridized carbons (Fsp3) is 0.833. The van der Waals surface area contributed by atoms with Crippen LogP contribution in [0.2, 0.25) is 0 Å². The molecule has 0 aromatic rings. The second-order valence-corrected chi connectivity index (χ2v) is 8.92. The zero-order valence-electron chi connectivity index (χ0n) is 19.3. The summed E-state index contributed by atoms with van der Waals surface area (Å²) in [6.07, 6.45) is 19.9. The quantitative estimate of drug-likeness (QED) is 0.256. The predicted octanol–water partition coefficient (Wildman–Crippen LogP) is 7.42. The third kappa shape index (κ3) is 15.4. The number of nitrogens with two attached hydrogens (primary N) is 1. The Morgan fingerprint density at radius 3 is 1.41 bits per heavy atom. The maximum absolute atomic E-state index is 4.41. The standard InChI is InChI=1S/C12H22N2.C12H18N2.3Ag.H2N/c2*1(11-3-7-13-8-4-11)2-12-5-9-14-10-6-12;;;;/h11-12H,1-10H2;3-4,7,12H,1-2,5-6,8-10H2;;;;1H2/q2*-2;3*+1;-1. The molecule has 4 heterocycles. The van der Waals surface area contributed by atoms with E-state index in [0.717, 1.165) is 63.6 Å². The van der Waals surface area contributed by atoms with Crippen molar-refractivity contribution in [3.8, 4) is 0 Å². The average Bonchev–Trinajstić information content (AvgIpc) is 2.80. The first kappa shape index (κ1) is 35.5. The van der Waals surface area contributed by atoms with Gasteiger partial charge in [-0.3, -0.25) is 0 Å². The fourth-order valence-electron chi connectivity index (χ4n) is 4.75. The van der Waals surface area contributed by atoms with Gasteiger partial charge in [0.1, 0.15) is 0 Å². The van der Waals surface area contributed by atoms with Gasteiger partial charge in [-0.1, -0.05) is 69.1 Å². The molecule has 5 nitrogen and oxygen atoms in total. The smallest absolute Gasteiger partial charge is 0.693 e. The molecule has 198 valence electrons. The van der Waals surface area contributed by atoms with Crippen molar-refractivity contribution in [1.82, 2.24) is 0 Å². The summed E-state index contributed by atoms with van der Waals surface area (Å²) < 4.78 is 0. The summed E-state index contributed by atoms with van der Waals surface area (Å²) in [5.74, 6) is 2.90. The van der Waals surface area contributed by atoms with E-state index in [1.54, 1.807) is 0 Å². The van der Waals surface area contributed by atoms with Gasteiger partial charge in [0.05, 0.1) is 0 Å². The summed E-state index contributed by atoms with van der Waals surface area (Å²) >= 11 is 0. The average molecular weight is 724 g/mol. The molecule has 4 aliphatic heterocycles. The molecule has 0 atom stereocenters. The number of hydrogen-bond acceptors (Lipinski definition) is 0. The van der Waals surface area contributed by atoms with Crippen molar-refractivity contribution in [1.29, 1.82) is 0 Å². The Kier molecular flexibility index (Phi) is 25.3. The molecule has 3 fully saturated rings. The summed E-state index contributed by atoms with van der Waals surface area (Å²) in [5, 5.41) is 17.3. The SMILES string of the molecule is C1=CC(CCC2CC[N-]CC2)=CC[N-]1.C1CC(CCC2CC[N-]CC2)CC[N-]1.[Ag+].[Ag+].[Ag+].[NH2-]. The third-order valence-corrected chi connectivity index (χ3v) is 6.85. The first-order valence-electron chi connectivity index (χ1n) is 11.8. The van der Waals surface area contributed by atoms with Crippen molar-refractivity contribution < 1.29 is 67.1 Å². The normalized spacial score (nSPS) is 21.7. The van der Waals surface area contributed by atoms with E-state index in [1.165, 1.54) is 69.8 Å². The molecule has 0 radical (unpaired) electrons. The van der Waals surface area contributed by atoms with Crippen LogP contribution in [-0.4, -0.2) is 45.8 Å². The van der Waals surface area contributed by atoms with Gasteiger partial charge in [-0.15, -0.1) is 45.8 Å². The summed E-state index contributed by atoms with van der Waals surface area (Å²) in [4.78, 5) is 0. The van der Waals surface area contributed by atoms with Gasteiger partial charge >= 0.3 is 67.1 Å². The van der Waals surface area contributed by atoms with E-state index in [0.29, 0.717) is 0 Å². The largest absolute Gasteiger partial charge is 1.00 e. The van der Waals surface area contributed by atoms with Crippen molar-refractivity contribution in [3.05, 3.63) is 51.3 Å². The Morgan fingerprint density at radius 1 is 0.625 bits per heavy atom. The molecule has 0 saturated carbocycles. The first-order chi connectivity index (χ1) is 13.9. The molecule has 8 heteroatoms. The van der Waals surface area contributed by atoms with Gasteiger partial charge in [-0.2, -0.15) is 6.20 Å². The summed E-state index contributed by atoms with van der Waals surface area (Å²) in [6.45, 7) is 7.58. The van der Waals surface area contributed by atoms with E-state index < -0.39 is 0 Å². The van der Waals surface area contributed by atoms with Crippen molar-refractivity contribution in [2.45, 2.75) is 64.2 Å². The monoisotopic (exact) mass is 721 g/mol. The van der Waals surface area contributed by atoms with Gasteiger partial charge in [0, 0.05) is 0 Å².